The van der Waals surface area contributed by atoms with Gasteiger partial charge in [0, 0.05) is 50.5 Å². The number of nitrogens with one attached hydrogen (secondary N) is 2. The van der Waals surface area contributed by atoms with E-state index in [9.17, 15) is 9.18 Å². The number of amides is 2. The number of urea groups is 1. The van der Waals surface area contributed by atoms with E-state index in [1.54, 1.807) is 12.3 Å². The third kappa shape index (κ3) is 4.07. The fourth-order valence-electron chi connectivity index (χ4n) is 4.12. The number of imidazole rings is 1. The highest BCUT2D eigenvalue weighted by Crippen LogP contribution is 2.25. The summed E-state index contributed by atoms with van der Waals surface area (Å²) < 4.78 is 14.0. The molecular weight excluding hydrogens is 345 g/mol. The molecule has 0 spiro atoms. The molecule has 3 heterocycles. The Kier molecular flexibility index (Phi) is 5.27. The fourth-order valence-corrected chi connectivity index (χ4v) is 4.12. The molecule has 2 aromatic rings. The maximum absolute atomic E-state index is 14.0. The highest BCUT2D eigenvalue weighted by molar-refractivity contribution is 5.74. The molecule has 0 aliphatic carbocycles. The number of carbonyl (C=O) groups is 1. The van der Waals surface area contributed by atoms with Crippen LogP contribution in [0, 0.1) is 5.82 Å². The quantitative estimate of drug-likeness (QED) is 0.871. The average Bonchev–Trinajstić information content (AvgIpc) is 3.24. The van der Waals surface area contributed by atoms with Gasteiger partial charge < -0.3 is 20.1 Å². The second-order valence-corrected chi connectivity index (χ2v) is 7.42. The third-order valence-electron chi connectivity index (χ3n) is 5.63. The summed E-state index contributed by atoms with van der Waals surface area (Å²) in [5.41, 5.74) is 0.652. The molecule has 2 fully saturated rings. The first-order chi connectivity index (χ1) is 13.2. The van der Waals surface area contributed by atoms with Crippen LogP contribution in [0.3, 0.4) is 0 Å². The van der Waals surface area contributed by atoms with Gasteiger partial charge in [0.25, 0.3) is 0 Å². The van der Waals surface area contributed by atoms with Gasteiger partial charge in [-0.15, -0.1) is 0 Å². The molecule has 0 bridgehead atoms. The molecule has 0 radical (unpaired) electrons. The molecule has 144 valence electrons. The van der Waals surface area contributed by atoms with Crippen molar-refractivity contribution in [2.75, 3.05) is 31.1 Å². The van der Waals surface area contributed by atoms with E-state index in [0.29, 0.717) is 12.2 Å². The summed E-state index contributed by atoms with van der Waals surface area (Å²) in [6, 6.07) is 7.03. The van der Waals surface area contributed by atoms with Crippen LogP contribution in [-0.4, -0.2) is 53.1 Å². The van der Waals surface area contributed by atoms with Gasteiger partial charge in [-0.1, -0.05) is 12.1 Å². The molecule has 1 unspecified atom stereocenters. The number of para-hydroxylation sites is 1. The van der Waals surface area contributed by atoms with E-state index in [1.807, 2.05) is 23.2 Å². The van der Waals surface area contributed by atoms with Crippen molar-refractivity contribution < 1.29 is 9.18 Å². The lowest BCUT2D eigenvalue weighted by Crippen LogP contribution is -2.51. The Balaban J connectivity index is 1.29. The van der Waals surface area contributed by atoms with E-state index in [-0.39, 0.29) is 23.8 Å². The number of rotatable bonds is 3. The van der Waals surface area contributed by atoms with Crippen molar-refractivity contribution in [3.8, 4) is 0 Å². The predicted molar refractivity (Wildman–Crippen MR) is 102 cm³/mol. The van der Waals surface area contributed by atoms with Crippen molar-refractivity contribution in [1.29, 1.82) is 0 Å². The zero-order valence-corrected chi connectivity index (χ0v) is 15.4. The largest absolute Gasteiger partial charge is 0.369 e. The minimum atomic E-state index is -0.183. The lowest BCUT2D eigenvalue weighted by Gasteiger charge is -2.36. The van der Waals surface area contributed by atoms with Crippen LogP contribution in [0.4, 0.5) is 14.9 Å². The van der Waals surface area contributed by atoms with Gasteiger partial charge in [0.05, 0.1) is 5.69 Å². The molecule has 7 heteroatoms. The van der Waals surface area contributed by atoms with Crippen molar-refractivity contribution in [1.82, 2.24) is 20.2 Å². The topological polar surface area (TPSA) is 64.3 Å². The number of carbonyl (C=O) groups excluding carboxylic acids is 1. The minimum absolute atomic E-state index is 0.00981. The highest BCUT2D eigenvalue weighted by Gasteiger charge is 2.28. The Morgan fingerprint density at radius 2 is 2.00 bits per heavy atom. The monoisotopic (exact) mass is 371 g/mol. The molecule has 1 aromatic carbocycles. The Bertz CT molecular complexity index is 757. The smallest absolute Gasteiger partial charge is 0.317 e. The van der Waals surface area contributed by atoms with E-state index in [4.69, 9.17) is 0 Å². The number of aromatic amines is 1. The highest BCUT2D eigenvalue weighted by atomic mass is 19.1. The maximum atomic E-state index is 14.0. The number of piperidine rings is 2. The SMILES string of the molecule is O=C(NC1CCN(c2ccccc2F)CC1)N1CCCC(c2ncc[nH]2)C1. The first kappa shape index (κ1) is 17.8. The molecular formula is C20H26FN5O. The predicted octanol–water partition coefficient (Wildman–Crippen LogP) is 3.11. The molecule has 1 aromatic heterocycles. The van der Waals surface area contributed by atoms with Crippen molar-refractivity contribution in [2.24, 2.45) is 0 Å². The average molecular weight is 371 g/mol. The standard InChI is InChI=1S/C20H26FN5O/c21-17-5-1-2-6-18(17)25-12-7-16(8-13-25)24-20(27)26-11-3-4-15(14-26)19-22-9-10-23-19/h1-2,5-6,9-10,15-16H,3-4,7-8,11-14H2,(H,22,23)(H,24,27). The molecule has 2 aliphatic heterocycles. The van der Waals surface area contributed by atoms with Gasteiger partial charge in [0.15, 0.2) is 0 Å². The molecule has 27 heavy (non-hydrogen) atoms. The number of hydrogen-bond donors (Lipinski definition) is 2. The van der Waals surface area contributed by atoms with E-state index in [2.05, 4.69) is 20.2 Å². The van der Waals surface area contributed by atoms with Gasteiger partial charge in [-0.05, 0) is 37.8 Å². The molecule has 0 saturated carbocycles. The molecule has 2 saturated heterocycles. The van der Waals surface area contributed by atoms with Crippen LogP contribution >= 0.6 is 0 Å². The minimum Gasteiger partial charge on any atom is -0.369 e. The third-order valence-corrected chi connectivity index (χ3v) is 5.63. The number of likely N-dealkylation sites (tertiary alicyclic amines) is 1. The van der Waals surface area contributed by atoms with Gasteiger partial charge in [-0.25, -0.2) is 14.2 Å². The van der Waals surface area contributed by atoms with Crippen LogP contribution in [0.1, 0.15) is 37.4 Å². The summed E-state index contributed by atoms with van der Waals surface area (Å²) >= 11 is 0. The Morgan fingerprint density at radius 1 is 1.19 bits per heavy atom. The number of hydrogen-bond acceptors (Lipinski definition) is 3. The van der Waals surface area contributed by atoms with Gasteiger partial charge in [-0.3, -0.25) is 0 Å². The lowest BCUT2D eigenvalue weighted by atomic mass is 9.97. The summed E-state index contributed by atoms with van der Waals surface area (Å²) in [7, 11) is 0. The number of halogens is 1. The molecule has 1 atom stereocenters. The Morgan fingerprint density at radius 3 is 2.74 bits per heavy atom. The maximum Gasteiger partial charge on any atom is 0.317 e. The molecule has 2 N–H and O–H groups in total. The summed E-state index contributed by atoms with van der Waals surface area (Å²) in [4.78, 5) is 24.2. The Labute approximate surface area is 158 Å². The fraction of sp³-hybridized carbons (Fsp3) is 0.500. The van der Waals surface area contributed by atoms with Crippen LogP contribution < -0.4 is 10.2 Å². The normalized spacial score (nSPS) is 21.3. The molecule has 2 amide bonds. The van der Waals surface area contributed by atoms with E-state index in [0.717, 1.165) is 51.1 Å². The Hall–Kier alpha value is -2.57. The van der Waals surface area contributed by atoms with E-state index >= 15 is 0 Å². The van der Waals surface area contributed by atoms with Gasteiger partial charge >= 0.3 is 6.03 Å². The zero-order chi connectivity index (χ0) is 18.6. The summed E-state index contributed by atoms with van der Waals surface area (Å²) in [5.74, 6) is 1.06. The number of anilines is 1. The van der Waals surface area contributed by atoms with Crippen LogP contribution in [0.25, 0.3) is 0 Å². The van der Waals surface area contributed by atoms with Gasteiger partial charge in [0.1, 0.15) is 11.6 Å². The van der Waals surface area contributed by atoms with Crippen LogP contribution in [0.15, 0.2) is 36.7 Å². The van der Waals surface area contributed by atoms with Gasteiger partial charge in [0.2, 0.25) is 0 Å². The second kappa shape index (κ2) is 7.98. The molecule has 2 aliphatic rings. The van der Waals surface area contributed by atoms with Crippen molar-refractivity contribution >= 4 is 11.7 Å². The number of aromatic nitrogens is 2. The molecule has 4 rings (SSSR count). The van der Waals surface area contributed by atoms with E-state index in [1.165, 1.54) is 6.07 Å². The zero-order valence-electron chi connectivity index (χ0n) is 15.4. The van der Waals surface area contributed by atoms with Crippen molar-refractivity contribution in [2.45, 2.75) is 37.6 Å². The van der Waals surface area contributed by atoms with Gasteiger partial charge in [-0.2, -0.15) is 0 Å². The van der Waals surface area contributed by atoms with Crippen molar-refractivity contribution in [3.63, 3.8) is 0 Å². The summed E-state index contributed by atoms with van der Waals surface area (Å²) in [6.45, 7) is 2.99. The van der Waals surface area contributed by atoms with Crippen LogP contribution in [-0.2, 0) is 0 Å². The van der Waals surface area contributed by atoms with Crippen molar-refractivity contribution in [3.05, 3.63) is 48.3 Å². The first-order valence-electron chi connectivity index (χ1n) is 9.75. The number of nitrogens with zero attached hydrogens (tertiary/aromatic N) is 3. The lowest BCUT2D eigenvalue weighted by molar-refractivity contribution is 0.173. The van der Waals surface area contributed by atoms with Crippen LogP contribution in [0.5, 0.6) is 0 Å². The summed E-state index contributed by atoms with van der Waals surface area (Å²) in [6.07, 6.45) is 7.29. The summed E-state index contributed by atoms with van der Waals surface area (Å²) in [5, 5.41) is 3.18. The second-order valence-electron chi connectivity index (χ2n) is 7.42. The first-order valence-corrected chi connectivity index (χ1v) is 9.75. The van der Waals surface area contributed by atoms with Crippen LogP contribution in [0.2, 0.25) is 0 Å². The number of benzene rings is 1. The number of H-pyrrole nitrogens is 1. The van der Waals surface area contributed by atoms with E-state index < -0.39 is 0 Å². The molecule has 6 nitrogen and oxygen atoms in total.